The molecule has 6 heteroatoms. The molecule has 0 spiro atoms. The summed E-state index contributed by atoms with van der Waals surface area (Å²) in [5.74, 6) is -0.198. The van der Waals surface area contributed by atoms with Gasteiger partial charge in [-0.3, -0.25) is 9.59 Å². The summed E-state index contributed by atoms with van der Waals surface area (Å²) in [6, 6.07) is 0. The Morgan fingerprint density at radius 2 is 2.00 bits per heavy atom. The van der Waals surface area contributed by atoms with Crippen LogP contribution in [0, 0.1) is 5.92 Å². The first-order valence-electron chi connectivity index (χ1n) is 6.66. The molecule has 5 nitrogen and oxygen atoms in total. The monoisotopic (exact) mass is 292 g/mol. The second-order valence-electron chi connectivity index (χ2n) is 4.92. The third-order valence-corrected chi connectivity index (χ3v) is 3.88. The summed E-state index contributed by atoms with van der Waals surface area (Å²) in [5, 5.41) is 6.23. The van der Waals surface area contributed by atoms with E-state index in [0.29, 0.717) is 0 Å². The molecule has 1 fully saturated rings. The Labute approximate surface area is 121 Å². The fraction of sp³-hybridized carbons (Fsp3) is 0.846. The topological polar surface area (TPSA) is 67.4 Å². The van der Waals surface area contributed by atoms with Crippen molar-refractivity contribution >= 4 is 24.3 Å². The van der Waals surface area contributed by atoms with E-state index in [9.17, 15) is 9.59 Å². The molecule has 2 N–H and O–H groups in total. The highest BCUT2D eigenvalue weighted by molar-refractivity contribution is 5.85. The Balaban J connectivity index is 0.00000324. The zero-order valence-electron chi connectivity index (χ0n) is 12.0. The lowest BCUT2D eigenvalue weighted by atomic mass is 9.88. The molecule has 0 saturated carbocycles. The summed E-state index contributed by atoms with van der Waals surface area (Å²) in [7, 11) is 1.38. The highest BCUT2D eigenvalue weighted by atomic mass is 35.5. The van der Waals surface area contributed by atoms with Gasteiger partial charge in [-0.05, 0) is 25.8 Å². The fourth-order valence-corrected chi connectivity index (χ4v) is 2.31. The Kier molecular flexibility index (Phi) is 8.02. The molecule has 112 valence electrons. The summed E-state index contributed by atoms with van der Waals surface area (Å²) in [4.78, 5) is 23.6. The predicted octanol–water partition coefficient (Wildman–Crippen LogP) is 1.26. The van der Waals surface area contributed by atoms with Crippen molar-refractivity contribution < 1.29 is 14.3 Å². The van der Waals surface area contributed by atoms with Gasteiger partial charge in [0.2, 0.25) is 5.91 Å². The van der Waals surface area contributed by atoms with Gasteiger partial charge in [0.15, 0.2) is 0 Å². The minimum absolute atomic E-state index is 0. The minimum atomic E-state index is -0.466. The lowest BCUT2D eigenvalue weighted by Gasteiger charge is -2.33. The van der Waals surface area contributed by atoms with Gasteiger partial charge in [0.25, 0.3) is 0 Å². The summed E-state index contributed by atoms with van der Waals surface area (Å²) < 4.78 is 4.71. The van der Waals surface area contributed by atoms with Crippen LogP contribution in [0.25, 0.3) is 0 Å². The number of carbonyl (C=O) groups is 2. The molecule has 19 heavy (non-hydrogen) atoms. The van der Waals surface area contributed by atoms with Crippen molar-refractivity contribution in [1.82, 2.24) is 10.6 Å². The summed E-state index contributed by atoms with van der Waals surface area (Å²) >= 11 is 0. The van der Waals surface area contributed by atoms with Crippen molar-refractivity contribution in [2.75, 3.05) is 20.2 Å². The fourth-order valence-electron chi connectivity index (χ4n) is 2.31. The van der Waals surface area contributed by atoms with E-state index >= 15 is 0 Å². The smallest absolute Gasteiger partial charge is 0.307 e. The van der Waals surface area contributed by atoms with Crippen molar-refractivity contribution in [3.63, 3.8) is 0 Å². The Hall–Kier alpha value is -0.810. The van der Waals surface area contributed by atoms with Crippen LogP contribution in [-0.2, 0) is 14.3 Å². The van der Waals surface area contributed by atoms with Crippen LogP contribution in [0.15, 0.2) is 0 Å². The van der Waals surface area contributed by atoms with Gasteiger partial charge >= 0.3 is 5.97 Å². The molecule has 1 rings (SSSR count). The Morgan fingerprint density at radius 3 is 2.42 bits per heavy atom. The summed E-state index contributed by atoms with van der Waals surface area (Å²) in [6.45, 7) is 5.59. The van der Waals surface area contributed by atoms with E-state index in [0.717, 1.165) is 32.4 Å². The number of rotatable bonds is 6. The van der Waals surface area contributed by atoms with Crippen LogP contribution in [0.1, 0.15) is 39.5 Å². The number of nitrogens with one attached hydrogen (secondary N) is 2. The molecule has 0 bridgehead atoms. The first-order valence-corrected chi connectivity index (χ1v) is 6.66. The number of hydrogen-bond acceptors (Lipinski definition) is 4. The maximum Gasteiger partial charge on any atom is 0.307 e. The molecule has 0 radical (unpaired) electrons. The van der Waals surface area contributed by atoms with Gasteiger partial charge in [0.1, 0.15) is 0 Å². The van der Waals surface area contributed by atoms with E-state index in [1.807, 2.05) is 13.8 Å². The van der Waals surface area contributed by atoms with E-state index in [2.05, 4.69) is 10.6 Å². The standard InChI is InChI=1S/C13H24N2O3.ClH/c1-4-13(5-2,8-11(16)18-3)15-12(17)10-6-7-14-9-10;/h10,14H,4-9H2,1-3H3,(H,15,17);1H. The maximum atomic E-state index is 12.1. The number of halogens is 1. The summed E-state index contributed by atoms with van der Waals surface area (Å²) in [5.41, 5.74) is -0.466. The molecule has 0 aromatic rings. The molecule has 0 aromatic heterocycles. The molecule has 1 atom stereocenters. The van der Waals surface area contributed by atoms with Crippen molar-refractivity contribution in [2.24, 2.45) is 5.92 Å². The van der Waals surface area contributed by atoms with Gasteiger partial charge in [-0.1, -0.05) is 13.8 Å². The maximum absolute atomic E-state index is 12.1. The molecule has 0 aliphatic carbocycles. The second kappa shape index (κ2) is 8.38. The van der Waals surface area contributed by atoms with Crippen LogP contribution in [0.3, 0.4) is 0 Å². The minimum Gasteiger partial charge on any atom is -0.469 e. The highest BCUT2D eigenvalue weighted by Crippen LogP contribution is 2.22. The van der Waals surface area contributed by atoms with Crippen LogP contribution in [0.2, 0.25) is 0 Å². The molecule has 1 amide bonds. The van der Waals surface area contributed by atoms with Crippen molar-refractivity contribution in [3.8, 4) is 0 Å². The van der Waals surface area contributed by atoms with Crippen LogP contribution in [0.4, 0.5) is 0 Å². The lowest BCUT2D eigenvalue weighted by Crippen LogP contribution is -2.51. The van der Waals surface area contributed by atoms with Gasteiger partial charge in [-0.2, -0.15) is 0 Å². The number of hydrogen-bond donors (Lipinski definition) is 2. The zero-order valence-corrected chi connectivity index (χ0v) is 12.8. The zero-order chi connectivity index (χ0) is 13.6. The number of esters is 1. The van der Waals surface area contributed by atoms with Gasteiger partial charge in [0.05, 0.1) is 19.4 Å². The number of methoxy groups -OCH3 is 1. The van der Waals surface area contributed by atoms with Gasteiger partial charge in [-0.15, -0.1) is 12.4 Å². The molecule has 1 aliphatic heterocycles. The van der Waals surface area contributed by atoms with Crippen molar-refractivity contribution in [1.29, 1.82) is 0 Å². The van der Waals surface area contributed by atoms with E-state index in [4.69, 9.17) is 4.74 Å². The lowest BCUT2D eigenvalue weighted by molar-refractivity contribution is -0.143. The quantitative estimate of drug-likeness (QED) is 0.723. The van der Waals surface area contributed by atoms with Crippen LogP contribution < -0.4 is 10.6 Å². The normalized spacial score (nSPS) is 18.6. The van der Waals surface area contributed by atoms with Crippen molar-refractivity contribution in [2.45, 2.75) is 45.1 Å². The molecule has 0 aromatic carbocycles. The predicted molar refractivity (Wildman–Crippen MR) is 76.3 cm³/mol. The SMILES string of the molecule is CCC(CC)(CC(=O)OC)NC(=O)C1CCNC1.Cl. The molecule has 1 saturated heterocycles. The van der Waals surface area contributed by atoms with Gasteiger partial charge in [0, 0.05) is 12.1 Å². The number of carbonyl (C=O) groups excluding carboxylic acids is 2. The average molecular weight is 293 g/mol. The van der Waals surface area contributed by atoms with E-state index in [-0.39, 0.29) is 36.6 Å². The average Bonchev–Trinajstić information content (AvgIpc) is 2.91. The molecular formula is C13H25ClN2O3. The molecular weight excluding hydrogens is 268 g/mol. The van der Waals surface area contributed by atoms with Crippen LogP contribution >= 0.6 is 12.4 Å². The molecule has 1 heterocycles. The van der Waals surface area contributed by atoms with E-state index < -0.39 is 5.54 Å². The van der Waals surface area contributed by atoms with Crippen LogP contribution in [0.5, 0.6) is 0 Å². The third-order valence-electron chi connectivity index (χ3n) is 3.88. The van der Waals surface area contributed by atoms with Gasteiger partial charge in [-0.25, -0.2) is 0 Å². The number of amides is 1. The van der Waals surface area contributed by atoms with E-state index in [1.54, 1.807) is 0 Å². The number of ether oxygens (including phenoxy) is 1. The third kappa shape index (κ3) is 4.99. The Bertz CT molecular complexity index is 300. The van der Waals surface area contributed by atoms with Crippen LogP contribution in [-0.4, -0.2) is 37.6 Å². The first kappa shape index (κ1) is 18.2. The van der Waals surface area contributed by atoms with Gasteiger partial charge < -0.3 is 15.4 Å². The summed E-state index contributed by atoms with van der Waals surface area (Å²) in [6.07, 6.45) is 2.56. The Morgan fingerprint density at radius 1 is 1.37 bits per heavy atom. The molecule has 1 unspecified atom stereocenters. The largest absolute Gasteiger partial charge is 0.469 e. The first-order chi connectivity index (χ1) is 8.56. The highest BCUT2D eigenvalue weighted by Gasteiger charge is 2.34. The molecule has 1 aliphatic rings. The van der Waals surface area contributed by atoms with Crippen molar-refractivity contribution in [3.05, 3.63) is 0 Å². The van der Waals surface area contributed by atoms with E-state index in [1.165, 1.54) is 7.11 Å². The second-order valence-corrected chi connectivity index (χ2v) is 4.92.